The van der Waals surface area contributed by atoms with Crippen LogP contribution in [0.25, 0.3) is 0 Å². The molecule has 0 spiro atoms. The molecule has 3 aliphatic heterocycles. The number of hydrogen-bond acceptors (Lipinski definition) is 9. The van der Waals surface area contributed by atoms with Crippen LogP contribution >= 0.6 is 23.2 Å². The van der Waals surface area contributed by atoms with Gasteiger partial charge in [-0.3, -0.25) is 9.80 Å². The summed E-state index contributed by atoms with van der Waals surface area (Å²) in [6.45, 7) is 3.03. The van der Waals surface area contributed by atoms with Gasteiger partial charge in [-0.15, -0.1) is 0 Å². The molecule has 3 saturated heterocycles. The van der Waals surface area contributed by atoms with E-state index in [4.69, 9.17) is 42.1 Å². The van der Waals surface area contributed by atoms with Crippen LogP contribution in [0.1, 0.15) is 71.7 Å². The topological polar surface area (TPSA) is 117 Å². The number of pyridine rings is 2. The van der Waals surface area contributed by atoms with Crippen LogP contribution in [0.5, 0.6) is 11.5 Å². The summed E-state index contributed by atoms with van der Waals surface area (Å²) < 4.78 is 24.7. The van der Waals surface area contributed by atoms with Crippen LogP contribution in [0.4, 0.5) is 10.6 Å². The fourth-order valence-corrected chi connectivity index (χ4v) is 8.02. The lowest BCUT2D eigenvalue weighted by molar-refractivity contribution is -0.605. The first-order chi connectivity index (χ1) is 25.7. The average Bonchev–Trinajstić information content (AvgIpc) is 3.69. The molecule has 0 unspecified atom stereocenters. The molecule has 53 heavy (non-hydrogen) atoms. The first kappa shape index (κ1) is 36.8. The predicted octanol–water partition coefficient (Wildman–Crippen LogP) is 7.73. The van der Waals surface area contributed by atoms with Crippen LogP contribution in [-0.4, -0.2) is 60.9 Å². The SMILES string of the molecule is COc1ccc([C@H](Cc2c(Cl)c[n+]([O-])cc2Cl)OC(=O)c2ccc(CN(C(=O)O[C@H]3CN4CCC3CC4)c3ccccn3)cc2)cc1OC1CCCC1. The van der Waals surface area contributed by atoms with Gasteiger partial charge in [0, 0.05) is 24.7 Å². The van der Waals surface area contributed by atoms with Gasteiger partial charge in [-0.25, -0.2) is 14.6 Å². The average molecular weight is 762 g/mol. The zero-order valence-electron chi connectivity index (χ0n) is 29.5. The van der Waals surface area contributed by atoms with Crippen molar-refractivity contribution in [1.29, 1.82) is 0 Å². The number of halogens is 2. The zero-order chi connectivity index (χ0) is 36.9. The number of benzene rings is 2. The van der Waals surface area contributed by atoms with E-state index in [1.165, 1.54) is 17.3 Å². The molecule has 8 rings (SSSR count). The number of carbonyl (C=O) groups is 2. The number of carbonyl (C=O) groups excluding carboxylic acids is 2. The van der Waals surface area contributed by atoms with E-state index in [0.717, 1.165) is 63.7 Å². The van der Waals surface area contributed by atoms with E-state index in [9.17, 15) is 14.8 Å². The molecule has 13 heteroatoms. The molecule has 2 aromatic heterocycles. The highest BCUT2D eigenvalue weighted by atomic mass is 35.5. The molecule has 2 bridgehead atoms. The largest absolute Gasteiger partial charge is 0.619 e. The fourth-order valence-electron chi connectivity index (χ4n) is 7.43. The Hall–Kier alpha value is -4.58. The highest BCUT2D eigenvalue weighted by molar-refractivity contribution is 6.35. The highest BCUT2D eigenvalue weighted by Gasteiger charge is 2.37. The third-order valence-corrected chi connectivity index (χ3v) is 11.0. The number of nitrogens with zero attached hydrogens (tertiary/aromatic N) is 4. The lowest BCUT2D eigenvalue weighted by Gasteiger charge is -2.44. The number of ether oxygens (including phenoxy) is 4. The number of rotatable bonds is 12. The minimum absolute atomic E-state index is 0.0694. The summed E-state index contributed by atoms with van der Waals surface area (Å²) in [5, 5.41) is 12.3. The first-order valence-electron chi connectivity index (χ1n) is 18.1. The van der Waals surface area contributed by atoms with E-state index in [1.807, 2.05) is 12.1 Å². The van der Waals surface area contributed by atoms with Gasteiger partial charge in [-0.05, 0) is 105 Å². The Labute approximate surface area is 318 Å². The van der Waals surface area contributed by atoms with Gasteiger partial charge in [-0.2, -0.15) is 4.73 Å². The lowest BCUT2D eigenvalue weighted by Crippen LogP contribution is -2.53. The predicted molar refractivity (Wildman–Crippen MR) is 199 cm³/mol. The van der Waals surface area contributed by atoms with Crippen LogP contribution in [0, 0.1) is 11.1 Å². The van der Waals surface area contributed by atoms with Crippen LogP contribution in [0.15, 0.2) is 79.3 Å². The maximum absolute atomic E-state index is 13.8. The van der Waals surface area contributed by atoms with Gasteiger partial charge in [0.15, 0.2) is 23.9 Å². The molecule has 278 valence electrons. The number of fused-ring (bicyclic) bond motifs is 3. The monoisotopic (exact) mass is 760 g/mol. The Kier molecular flexibility index (Phi) is 11.5. The van der Waals surface area contributed by atoms with Crippen molar-refractivity contribution in [3.63, 3.8) is 0 Å². The molecule has 2 atom stereocenters. The van der Waals surface area contributed by atoms with Crippen molar-refractivity contribution < 1.29 is 33.3 Å². The minimum atomic E-state index is -0.850. The molecule has 0 radical (unpaired) electrons. The van der Waals surface area contributed by atoms with Crippen LogP contribution in [-0.2, 0) is 22.4 Å². The maximum atomic E-state index is 13.8. The third kappa shape index (κ3) is 8.80. The molecule has 1 amide bonds. The van der Waals surface area contributed by atoms with E-state index in [-0.39, 0.29) is 35.2 Å². The van der Waals surface area contributed by atoms with Gasteiger partial charge in [0.1, 0.15) is 28.1 Å². The number of aromatic nitrogens is 2. The molecule has 4 fully saturated rings. The fraction of sp³-hybridized carbons (Fsp3) is 0.400. The molecule has 11 nitrogen and oxygen atoms in total. The van der Waals surface area contributed by atoms with E-state index < -0.39 is 18.2 Å². The number of amides is 1. The molecule has 4 aliphatic rings. The number of anilines is 1. The van der Waals surface area contributed by atoms with Crippen molar-refractivity contribution >= 4 is 41.1 Å². The number of piperidine rings is 3. The Morgan fingerprint density at radius 1 is 0.981 bits per heavy atom. The third-order valence-electron chi connectivity index (χ3n) is 10.4. The second-order valence-electron chi connectivity index (χ2n) is 13.9. The Morgan fingerprint density at radius 3 is 2.36 bits per heavy atom. The van der Waals surface area contributed by atoms with Gasteiger partial charge < -0.3 is 24.2 Å². The smallest absolute Gasteiger partial charge is 0.416 e. The zero-order valence-corrected chi connectivity index (χ0v) is 31.0. The van der Waals surface area contributed by atoms with E-state index in [1.54, 1.807) is 61.8 Å². The Bertz CT molecular complexity index is 1880. The van der Waals surface area contributed by atoms with E-state index in [2.05, 4.69) is 9.88 Å². The lowest BCUT2D eigenvalue weighted by atomic mass is 9.86. The quantitative estimate of drug-likeness (QED) is 0.0813. The summed E-state index contributed by atoms with van der Waals surface area (Å²) in [5.74, 6) is 1.37. The Morgan fingerprint density at radius 2 is 1.72 bits per heavy atom. The van der Waals surface area contributed by atoms with E-state index in [0.29, 0.717) is 44.7 Å². The van der Waals surface area contributed by atoms with Crippen molar-refractivity contribution in [1.82, 2.24) is 9.88 Å². The number of esters is 1. The number of hydrogen-bond donors (Lipinski definition) is 0. The summed E-state index contributed by atoms with van der Waals surface area (Å²) in [4.78, 5) is 35.7. The summed E-state index contributed by atoms with van der Waals surface area (Å²) in [5.41, 5.74) is 2.17. The second kappa shape index (κ2) is 16.6. The van der Waals surface area contributed by atoms with Crippen molar-refractivity contribution in [2.75, 3.05) is 31.6 Å². The Balaban J connectivity index is 1.10. The van der Waals surface area contributed by atoms with Crippen molar-refractivity contribution in [2.45, 2.75) is 69.8 Å². The van der Waals surface area contributed by atoms with Crippen LogP contribution < -0.4 is 19.1 Å². The standard InChI is InChI=1S/C40H42Cl2N4O7/c1-50-34-14-13-29(20-36(34)51-30-6-2-3-7-30)35(21-31-32(41)23-45(49)24-33(31)42)52-39(47)28-11-9-26(10-12-28)22-46(38-8-4-5-17-43-38)40(48)53-37-25-44-18-15-27(37)16-19-44/h4-5,8-14,17,20,23-24,27,30,35,37H,2-3,6-7,15-16,18-19,21-22,25H2,1H3/t35-,37-/m0/s1. The van der Waals surface area contributed by atoms with Crippen LogP contribution in [0.3, 0.4) is 0 Å². The molecular weight excluding hydrogens is 719 g/mol. The summed E-state index contributed by atoms with van der Waals surface area (Å²) in [7, 11) is 1.58. The van der Waals surface area contributed by atoms with Crippen molar-refractivity contribution in [3.05, 3.63) is 117 Å². The van der Waals surface area contributed by atoms with Gasteiger partial charge in [0.2, 0.25) is 0 Å². The van der Waals surface area contributed by atoms with Gasteiger partial charge in [0.25, 0.3) is 0 Å². The second-order valence-corrected chi connectivity index (χ2v) is 14.7. The molecular formula is C40H42Cl2N4O7. The highest BCUT2D eigenvalue weighted by Crippen LogP contribution is 2.38. The normalized spacial score (nSPS) is 20.1. The summed E-state index contributed by atoms with van der Waals surface area (Å²) in [6.07, 6.45) is 8.93. The first-order valence-corrected chi connectivity index (χ1v) is 18.8. The van der Waals surface area contributed by atoms with E-state index >= 15 is 0 Å². The van der Waals surface area contributed by atoms with Crippen LogP contribution in [0.2, 0.25) is 10.0 Å². The maximum Gasteiger partial charge on any atom is 0.416 e. The van der Waals surface area contributed by atoms with Gasteiger partial charge >= 0.3 is 12.1 Å². The van der Waals surface area contributed by atoms with Gasteiger partial charge in [-0.1, -0.05) is 47.5 Å². The number of methoxy groups -OCH3 is 1. The molecule has 5 heterocycles. The molecule has 1 saturated carbocycles. The summed E-state index contributed by atoms with van der Waals surface area (Å²) in [6, 6.07) is 17.7. The van der Waals surface area contributed by atoms with Gasteiger partial charge in [0.05, 0.1) is 25.3 Å². The molecule has 0 N–H and O–H groups in total. The summed E-state index contributed by atoms with van der Waals surface area (Å²) >= 11 is 12.9. The molecule has 1 aliphatic carbocycles. The minimum Gasteiger partial charge on any atom is -0.619 e. The van der Waals surface area contributed by atoms with Crippen molar-refractivity contribution in [3.8, 4) is 11.5 Å². The van der Waals surface area contributed by atoms with Crippen molar-refractivity contribution in [2.24, 2.45) is 5.92 Å². The molecule has 4 aromatic rings. The molecule has 2 aromatic carbocycles.